The smallest absolute Gasteiger partial charge is 0.407 e. The second-order valence-electron chi connectivity index (χ2n) is 14.0. The lowest BCUT2D eigenvalue weighted by Gasteiger charge is -2.37. The highest BCUT2D eigenvalue weighted by molar-refractivity contribution is 8.00. The maximum absolute atomic E-state index is 13.6. The zero-order valence-electron chi connectivity index (χ0n) is 30.1. The molecule has 9 heteroatoms. The van der Waals surface area contributed by atoms with Crippen molar-refractivity contribution in [3.05, 3.63) is 150 Å². The third-order valence-corrected chi connectivity index (χ3v) is 10.9. The molecule has 1 fully saturated rings. The number of nitrogens with one attached hydrogen (secondary N) is 3. The number of nitrogens with zero attached hydrogens (tertiary/aromatic N) is 1. The minimum absolute atomic E-state index is 0.146. The van der Waals surface area contributed by atoms with Crippen LogP contribution in [0, 0.1) is 0 Å². The van der Waals surface area contributed by atoms with Gasteiger partial charge in [-0.3, -0.25) is 9.59 Å². The summed E-state index contributed by atoms with van der Waals surface area (Å²) in [6.45, 7) is 8.64. The first-order valence-electron chi connectivity index (χ1n) is 17.7. The van der Waals surface area contributed by atoms with E-state index in [9.17, 15) is 14.4 Å². The predicted molar refractivity (Wildman–Crippen MR) is 211 cm³/mol. The third-order valence-electron chi connectivity index (χ3n) is 9.19. The van der Waals surface area contributed by atoms with Crippen LogP contribution in [0.3, 0.4) is 0 Å². The summed E-state index contributed by atoms with van der Waals surface area (Å²) < 4.78 is 5.16. The molecule has 6 rings (SSSR count). The van der Waals surface area contributed by atoms with Crippen molar-refractivity contribution in [1.29, 1.82) is 0 Å². The van der Waals surface area contributed by atoms with E-state index in [2.05, 4.69) is 88.7 Å². The topological polar surface area (TPSA) is 99.8 Å². The normalized spacial score (nSPS) is 15.4. The molecule has 8 nitrogen and oxygen atoms in total. The number of rotatable bonds is 11. The quantitative estimate of drug-likeness (QED) is 0.121. The summed E-state index contributed by atoms with van der Waals surface area (Å²) in [7, 11) is 0. The van der Waals surface area contributed by atoms with Crippen LogP contribution in [0.2, 0.25) is 0 Å². The van der Waals surface area contributed by atoms with Crippen LogP contribution in [-0.4, -0.2) is 65.9 Å². The SMILES string of the molecule is CC1C(=O)NCCN1C(=O)c1cccc2cc(NCC(CSC(c3ccccc3)(c3ccccc3)c3ccccc3)NC(=O)OC(C)(C)C)ccc12. The average molecular weight is 715 g/mol. The summed E-state index contributed by atoms with van der Waals surface area (Å²) in [5.74, 6) is 0.247. The number of carbonyl (C=O) groups excluding carboxylic acids is 3. The van der Waals surface area contributed by atoms with E-state index >= 15 is 0 Å². The molecule has 5 aromatic rings. The van der Waals surface area contributed by atoms with Gasteiger partial charge in [0.15, 0.2) is 0 Å². The number of benzene rings is 5. The van der Waals surface area contributed by atoms with Gasteiger partial charge < -0.3 is 25.6 Å². The van der Waals surface area contributed by atoms with Crippen LogP contribution >= 0.6 is 11.8 Å². The predicted octanol–water partition coefficient (Wildman–Crippen LogP) is 7.83. The summed E-state index contributed by atoms with van der Waals surface area (Å²) in [5, 5.41) is 11.2. The van der Waals surface area contributed by atoms with Crippen LogP contribution < -0.4 is 16.0 Å². The minimum atomic E-state index is -0.652. The zero-order chi connectivity index (χ0) is 36.7. The minimum Gasteiger partial charge on any atom is -0.444 e. The number of hydrogen-bond acceptors (Lipinski definition) is 6. The number of alkyl carbamates (subject to hydrolysis) is 1. The standard InChI is InChI=1S/C43H46N4O4S/c1-30-39(48)44-25-26-47(30)40(49)38-22-14-15-31-27-35(23-24-37(31)38)45-28-36(46-41(50)51-42(2,3)4)29-52-43(32-16-8-5-9-17-32,33-18-10-6-11-19-33)34-20-12-7-13-21-34/h5-24,27,30,36,45H,25-26,28-29H2,1-4H3,(H,44,48)(H,46,50). The number of ether oxygens (including phenoxy) is 1. The Morgan fingerprint density at radius 2 is 1.44 bits per heavy atom. The Hall–Kier alpha value is -5.28. The summed E-state index contributed by atoms with van der Waals surface area (Å²) in [6, 6.07) is 42.2. The van der Waals surface area contributed by atoms with E-state index < -0.39 is 22.5 Å². The van der Waals surface area contributed by atoms with Gasteiger partial charge in [-0.2, -0.15) is 0 Å². The Balaban J connectivity index is 1.29. The second kappa shape index (κ2) is 15.9. The highest BCUT2D eigenvalue weighted by Gasteiger charge is 2.38. The molecule has 1 saturated heterocycles. The van der Waals surface area contributed by atoms with Gasteiger partial charge in [-0.15, -0.1) is 11.8 Å². The van der Waals surface area contributed by atoms with Crippen molar-refractivity contribution >= 4 is 46.1 Å². The van der Waals surface area contributed by atoms with E-state index in [-0.39, 0.29) is 17.9 Å². The number of thioether (sulfide) groups is 1. The van der Waals surface area contributed by atoms with Crippen LogP contribution in [0.25, 0.3) is 10.8 Å². The fourth-order valence-corrected chi connectivity index (χ4v) is 8.22. The Morgan fingerprint density at radius 1 is 0.846 bits per heavy atom. The summed E-state index contributed by atoms with van der Waals surface area (Å²) in [6.07, 6.45) is -0.480. The van der Waals surface area contributed by atoms with Gasteiger partial charge in [0, 0.05) is 36.6 Å². The summed E-state index contributed by atoms with van der Waals surface area (Å²) >= 11 is 1.77. The highest BCUT2D eigenvalue weighted by atomic mass is 32.2. The van der Waals surface area contributed by atoms with E-state index in [1.54, 1.807) is 23.6 Å². The first-order chi connectivity index (χ1) is 25.0. The van der Waals surface area contributed by atoms with Gasteiger partial charge in [-0.05, 0) is 73.4 Å². The lowest BCUT2D eigenvalue weighted by Crippen LogP contribution is -2.55. The van der Waals surface area contributed by atoms with Gasteiger partial charge in [0.05, 0.1) is 10.8 Å². The number of amides is 3. The molecule has 2 unspecified atom stereocenters. The van der Waals surface area contributed by atoms with Crippen molar-refractivity contribution in [2.75, 3.05) is 30.7 Å². The third kappa shape index (κ3) is 8.26. The summed E-state index contributed by atoms with van der Waals surface area (Å²) in [5.41, 5.74) is 4.18. The van der Waals surface area contributed by atoms with Crippen LogP contribution in [0.5, 0.6) is 0 Å². The molecule has 3 amide bonds. The van der Waals surface area contributed by atoms with Gasteiger partial charge in [-0.25, -0.2) is 4.79 Å². The van der Waals surface area contributed by atoms with Crippen molar-refractivity contribution in [3.8, 4) is 0 Å². The number of carbonyl (C=O) groups is 3. The Bertz CT molecular complexity index is 1900. The molecule has 0 radical (unpaired) electrons. The molecule has 3 N–H and O–H groups in total. The molecule has 0 bridgehead atoms. The van der Waals surface area contributed by atoms with Gasteiger partial charge in [-0.1, -0.05) is 109 Å². The van der Waals surface area contributed by atoms with E-state index in [0.717, 1.165) is 33.2 Å². The Morgan fingerprint density at radius 3 is 2.02 bits per heavy atom. The molecule has 1 aliphatic heterocycles. The zero-order valence-corrected chi connectivity index (χ0v) is 30.9. The lowest BCUT2D eigenvalue weighted by molar-refractivity contribution is -0.127. The van der Waals surface area contributed by atoms with E-state index in [1.807, 2.05) is 75.4 Å². The molecule has 0 spiro atoms. The van der Waals surface area contributed by atoms with E-state index in [0.29, 0.717) is 31.0 Å². The molecular formula is C43H46N4O4S. The summed E-state index contributed by atoms with van der Waals surface area (Å²) in [4.78, 5) is 40.8. The molecule has 1 heterocycles. The molecule has 2 atom stereocenters. The molecule has 0 aromatic heterocycles. The number of piperazine rings is 1. The highest BCUT2D eigenvalue weighted by Crippen LogP contribution is 2.48. The molecule has 0 aliphatic carbocycles. The molecule has 268 valence electrons. The van der Waals surface area contributed by atoms with E-state index in [4.69, 9.17) is 4.74 Å². The monoisotopic (exact) mass is 714 g/mol. The first kappa shape index (κ1) is 36.5. The molecule has 0 saturated carbocycles. The Labute approximate surface area is 310 Å². The van der Waals surface area contributed by atoms with Gasteiger partial charge in [0.2, 0.25) is 5.91 Å². The number of hydrogen-bond donors (Lipinski definition) is 3. The molecular weight excluding hydrogens is 669 g/mol. The van der Waals surface area contributed by atoms with Crippen LogP contribution in [0.4, 0.5) is 10.5 Å². The maximum Gasteiger partial charge on any atom is 0.407 e. The Kier molecular flexibility index (Phi) is 11.2. The van der Waals surface area contributed by atoms with Crippen molar-refractivity contribution in [3.63, 3.8) is 0 Å². The molecule has 5 aromatic carbocycles. The van der Waals surface area contributed by atoms with Crippen molar-refractivity contribution in [2.24, 2.45) is 0 Å². The molecule has 52 heavy (non-hydrogen) atoms. The first-order valence-corrected chi connectivity index (χ1v) is 18.7. The van der Waals surface area contributed by atoms with Gasteiger partial charge in [0.1, 0.15) is 11.6 Å². The van der Waals surface area contributed by atoms with Crippen LogP contribution in [0.15, 0.2) is 127 Å². The fraction of sp³-hybridized carbons (Fsp3) is 0.279. The van der Waals surface area contributed by atoms with Gasteiger partial charge >= 0.3 is 6.09 Å². The molecule has 1 aliphatic rings. The van der Waals surface area contributed by atoms with Crippen LogP contribution in [-0.2, 0) is 14.3 Å². The second-order valence-corrected chi connectivity index (χ2v) is 15.3. The van der Waals surface area contributed by atoms with Crippen LogP contribution in [0.1, 0.15) is 54.7 Å². The average Bonchev–Trinajstić information content (AvgIpc) is 3.15. The van der Waals surface area contributed by atoms with Crippen molar-refractivity contribution in [2.45, 2.75) is 50.1 Å². The van der Waals surface area contributed by atoms with Gasteiger partial charge in [0.25, 0.3) is 5.91 Å². The number of anilines is 1. The van der Waals surface area contributed by atoms with Crippen molar-refractivity contribution in [1.82, 2.24) is 15.5 Å². The number of fused-ring (bicyclic) bond motifs is 1. The van der Waals surface area contributed by atoms with Crippen molar-refractivity contribution < 1.29 is 19.1 Å². The van der Waals surface area contributed by atoms with E-state index in [1.165, 1.54) is 0 Å². The largest absolute Gasteiger partial charge is 0.444 e. The fourth-order valence-electron chi connectivity index (χ4n) is 6.66. The lowest BCUT2D eigenvalue weighted by atomic mass is 9.84. The maximum atomic E-state index is 13.6.